The number of nitrogens with zero attached hydrogens (tertiary/aromatic N) is 2. The Morgan fingerprint density at radius 2 is 2.22 bits per heavy atom. The van der Waals surface area contributed by atoms with Crippen molar-refractivity contribution in [1.82, 2.24) is 15.1 Å². The zero-order valence-corrected chi connectivity index (χ0v) is 11.5. The summed E-state index contributed by atoms with van der Waals surface area (Å²) in [5, 5.41) is 8.31. The predicted octanol–water partition coefficient (Wildman–Crippen LogP) is 3.33. The molecule has 1 aromatic heterocycles. The van der Waals surface area contributed by atoms with E-state index in [0.717, 1.165) is 30.1 Å². The summed E-state index contributed by atoms with van der Waals surface area (Å²) in [4.78, 5) is 0. The van der Waals surface area contributed by atoms with Gasteiger partial charge in [-0.25, -0.2) is 0 Å². The fraction of sp³-hybridized carbons (Fsp3) is 0.357. The molecular weight excluding hydrogens is 246 g/mol. The van der Waals surface area contributed by atoms with Crippen molar-refractivity contribution >= 4 is 11.6 Å². The van der Waals surface area contributed by atoms with Crippen LogP contribution in [0.25, 0.3) is 11.1 Å². The van der Waals surface area contributed by atoms with E-state index in [-0.39, 0.29) is 0 Å². The van der Waals surface area contributed by atoms with Gasteiger partial charge in [0.15, 0.2) is 0 Å². The van der Waals surface area contributed by atoms with Crippen molar-refractivity contribution < 1.29 is 0 Å². The normalized spacial score (nSPS) is 10.8. The van der Waals surface area contributed by atoms with E-state index in [1.54, 1.807) is 0 Å². The highest BCUT2D eigenvalue weighted by atomic mass is 35.5. The molecule has 0 aliphatic carbocycles. The van der Waals surface area contributed by atoms with Crippen LogP contribution in [-0.2, 0) is 13.1 Å². The number of aryl methyl sites for hydroxylation is 1. The van der Waals surface area contributed by atoms with E-state index in [0.29, 0.717) is 0 Å². The highest BCUT2D eigenvalue weighted by Gasteiger charge is 2.07. The number of nitrogens with one attached hydrogen (secondary N) is 1. The maximum Gasteiger partial charge on any atom is 0.0568 e. The van der Waals surface area contributed by atoms with Crippen LogP contribution in [0.2, 0.25) is 5.02 Å². The van der Waals surface area contributed by atoms with Gasteiger partial charge in [0.2, 0.25) is 0 Å². The molecule has 0 unspecified atom stereocenters. The summed E-state index contributed by atoms with van der Waals surface area (Å²) in [5.74, 6) is 0. The van der Waals surface area contributed by atoms with E-state index >= 15 is 0 Å². The Hall–Kier alpha value is -1.32. The molecule has 2 rings (SSSR count). The van der Waals surface area contributed by atoms with E-state index in [1.165, 1.54) is 11.1 Å². The Balaban J connectivity index is 2.35. The maximum absolute atomic E-state index is 6.05. The van der Waals surface area contributed by atoms with Gasteiger partial charge < -0.3 is 5.32 Å². The van der Waals surface area contributed by atoms with Gasteiger partial charge in [0, 0.05) is 29.9 Å². The number of rotatable bonds is 5. The van der Waals surface area contributed by atoms with Crippen molar-refractivity contribution in [2.75, 3.05) is 7.05 Å². The summed E-state index contributed by atoms with van der Waals surface area (Å²) >= 11 is 6.05. The summed E-state index contributed by atoms with van der Waals surface area (Å²) in [5.41, 5.74) is 3.53. The molecule has 18 heavy (non-hydrogen) atoms. The summed E-state index contributed by atoms with van der Waals surface area (Å²) < 4.78 is 1.98. The first kappa shape index (κ1) is 13.1. The molecule has 0 spiro atoms. The van der Waals surface area contributed by atoms with E-state index in [2.05, 4.69) is 29.6 Å². The number of hydrogen-bond donors (Lipinski definition) is 1. The van der Waals surface area contributed by atoms with Crippen LogP contribution in [0.1, 0.15) is 18.9 Å². The third-order valence-electron chi connectivity index (χ3n) is 2.83. The molecule has 0 bridgehead atoms. The molecule has 3 nitrogen and oxygen atoms in total. The molecule has 2 aromatic rings. The van der Waals surface area contributed by atoms with Crippen LogP contribution in [0.5, 0.6) is 0 Å². The molecule has 0 saturated heterocycles. The summed E-state index contributed by atoms with van der Waals surface area (Å²) in [7, 11) is 1.94. The Kier molecular flexibility index (Phi) is 4.39. The van der Waals surface area contributed by atoms with Crippen molar-refractivity contribution in [3.05, 3.63) is 41.2 Å². The summed E-state index contributed by atoms with van der Waals surface area (Å²) in [6.07, 6.45) is 5.09. The van der Waals surface area contributed by atoms with Crippen LogP contribution < -0.4 is 5.32 Å². The van der Waals surface area contributed by atoms with Crippen LogP contribution in [0.15, 0.2) is 30.6 Å². The molecular formula is C14H18ClN3. The molecule has 1 heterocycles. The molecule has 1 aromatic carbocycles. The molecule has 0 atom stereocenters. The van der Waals surface area contributed by atoms with Gasteiger partial charge in [-0.1, -0.05) is 24.6 Å². The lowest BCUT2D eigenvalue weighted by Gasteiger charge is -2.08. The fourth-order valence-electron chi connectivity index (χ4n) is 2.03. The van der Waals surface area contributed by atoms with Gasteiger partial charge in [0.1, 0.15) is 0 Å². The Bertz CT molecular complexity index is 520. The predicted molar refractivity (Wildman–Crippen MR) is 75.7 cm³/mol. The average Bonchev–Trinajstić information content (AvgIpc) is 2.79. The van der Waals surface area contributed by atoms with Gasteiger partial charge in [-0.05, 0) is 36.7 Å². The minimum absolute atomic E-state index is 0.768. The van der Waals surface area contributed by atoms with E-state index < -0.39 is 0 Å². The number of hydrogen-bond acceptors (Lipinski definition) is 2. The lowest BCUT2D eigenvalue weighted by atomic mass is 10.0. The topological polar surface area (TPSA) is 29.9 Å². The van der Waals surface area contributed by atoms with Crippen LogP contribution in [-0.4, -0.2) is 16.8 Å². The molecule has 0 aliphatic heterocycles. The molecule has 0 saturated carbocycles. The second kappa shape index (κ2) is 6.03. The molecule has 0 radical (unpaired) electrons. The highest BCUT2D eigenvalue weighted by Crippen LogP contribution is 2.26. The first-order valence-corrected chi connectivity index (χ1v) is 6.58. The second-order valence-corrected chi connectivity index (χ2v) is 4.76. The molecule has 0 aliphatic rings. The summed E-state index contributed by atoms with van der Waals surface area (Å²) in [6, 6.07) is 5.99. The molecule has 0 fully saturated rings. The zero-order valence-electron chi connectivity index (χ0n) is 10.8. The minimum atomic E-state index is 0.768. The first-order chi connectivity index (χ1) is 8.74. The van der Waals surface area contributed by atoms with Crippen LogP contribution in [0, 0.1) is 0 Å². The van der Waals surface area contributed by atoms with Gasteiger partial charge in [-0.2, -0.15) is 5.10 Å². The van der Waals surface area contributed by atoms with Crippen molar-refractivity contribution in [3.63, 3.8) is 0 Å². The number of aromatic nitrogens is 2. The smallest absolute Gasteiger partial charge is 0.0568 e. The van der Waals surface area contributed by atoms with Crippen LogP contribution >= 0.6 is 11.6 Å². The van der Waals surface area contributed by atoms with Crippen molar-refractivity contribution in [2.45, 2.75) is 26.4 Å². The van der Waals surface area contributed by atoms with E-state index in [4.69, 9.17) is 11.6 Å². The maximum atomic E-state index is 6.05. The van der Waals surface area contributed by atoms with Gasteiger partial charge in [0.25, 0.3) is 0 Å². The van der Waals surface area contributed by atoms with E-state index in [1.807, 2.05) is 30.1 Å². The number of benzene rings is 1. The van der Waals surface area contributed by atoms with Gasteiger partial charge in [0.05, 0.1) is 6.20 Å². The van der Waals surface area contributed by atoms with Crippen molar-refractivity contribution in [3.8, 4) is 11.1 Å². The molecule has 4 heteroatoms. The second-order valence-electron chi connectivity index (χ2n) is 4.32. The lowest BCUT2D eigenvalue weighted by Crippen LogP contribution is -2.06. The van der Waals surface area contributed by atoms with Crippen LogP contribution in [0.3, 0.4) is 0 Å². The first-order valence-electron chi connectivity index (χ1n) is 6.20. The molecule has 1 N–H and O–H groups in total. The van der Waals surface area contributed by atoms with Crippen molar-refractivity contribution in [2.24, 2.45) is 0 Å². The summed E-state index contributed by atoms with van der Waals surface area (Å²) in [6.45, 7) is 3.90. The Morgan fingerprint density at radius 3 is 2.94 bits per heavy atom. The SMILES string of the molecule is CCCn1cc(-c2ccc(Cl)cc2CNC)cn1. The molecule has 0 amide bonds. The van der Waals surface area contributed by atoms with Crippen molar-refractivity contribution in [1.29, 1.82) is 0 Å². The lowest BCUT2D eigenvalue weighted by molar-refractivity contribution is 0.603. The average molecular weight is 264 g/mol. The minimum Gasteiger partial charge on any atom is -0.316 e. The quantitative estimate of drug-likeness (QED) is 0.897. The van der Waals surface area contributed by atoms with Gasteiger partial charge in [-0.15, -0.1) is 0 Å². The Labute approximate surface area is 113 Å². The van der Waals surface area contributed by atoms with Gasteiger partial charge >= 0.3 is 0 Å². The van der Waals surface area contributed by atoms with Gasteiger partial charge in [-0.3, -0.25) is 4.68 Å². The number of halogens is 1. The third kappa shape index (κ3) is 2.92. The highest BCUT2D eigenvalue weighted by molar-refractivity contribution is 6.30. The standard InChI is InChI=1S/C14H18ClN3/c1-3-6-18-10-12(9-17-18)14-5-4-13(15)7-11(14)8-16-2/h4-5,7,9-10,16H,3,6,8H2,1-2H3. The monoisotopic (exact) mass is 263 g/mol. The zero-order chi connectivity index (χ0) is 13.0. The third-order valence-corrected chi connectivity index (χ3v) is 3.07. The van der Waals surface area contributed by atoms with E-state index in [9.17, 15) is 0 Å². The Morgan fingerprint density at radius 1 is 1.39 bits per heavy atom. The fourth-order valence-corrected chi connectivity index (χ4v) is 2.23. The molecule has 96 valence electrons. The largest absolute Gasteiger partial charge is 0.316 e. The van der Waals surface area contributed by atoms with Crippen LogP contribution in [0.4, 0.5) is 0 Å².